The second kappa shape index (κ2) is 7.23. The van der Waals surface area contributed by atoms with E-state index in [2.05, 4.69) is 9.88 Å². The highest BCUT2D eigenvalue weighted by Gasteiger charge is 2.23. The van der Waals surface area contributed by atoms with Gasteiger partial charge in [0.1, 0.15) is 10.6 Å². The van der Waals surface area contributed by atoms with Gasteiger partial charge in [0.2, 0.25) is 10.0 Å². The lowest BCUT2D eigenvalue weighted by molar-refractivity contribution is 0.230. The van der Waals surface area contributed by atoms with Gasteiger partial charge in [0.15, 0.2) is 17.3 Å². The minimum Gasteiger partial charge on any atom is -0.493 e. The van der Waals surface area contributed by atoms with E-state index in [9.17, 15) is 8.42 Å². The number of nitrogens with one attached hydrogen (secondary N) is 1. The summed E-state index contributed by atoms with van der Waals surface area (Å²) < 4.78 is 43.2. The number of aryl methyl sites for hydroxylation is 2. The van der Waals surface area contributed by atoms with Gasteiger partial charge in [-0.1, -0.05) is 11.2 Å². The van der Waals surface area contributed by atoms with E-state index in [-0.39, 0.29) is 23.3 Å². The molecule has 0 saturated carbocycles. The van der Waals surface area contributed by atoms with Crippen molar-refractivity contribution in [3.05, 3.63) is 35.2 Å². The lowest BCUT2D eigenvalue weighted by Crippen LogP contribution is -2.24. The minimum atomic E-state index is -3.70. The van der Waals surface area contributed by atoms with Crippen LogP contribution in [0.4, 0.5) is 0 Å². The molecule has 1 heterocycles. The van der Waals surface area contributed by atoms with Gasteiger partial charge < -0.3 is 14.0 Å². The van der Waals surface area contributed by atoms with Gasteiger partial charge in [-0.2, -0.15) is 0 Å². The molecule has 24 heavy (non-hydrogen) atoms. The number of methoxy groups -OCH3 is 1. The van der Waals surface area contributed by atoms with Crippen molar-refractivity contribution in [1.82, 2.24) is 9.88 Å². The van der Waals surface area contributed by atoms with Crippen LogP contribution in [0.15, 0.2) is 27.6 Å². The van der Waals surface area contributed by atoms with Crippen LogP contribution in [-0.4, -0.2) is 26.8 Å². The average Bonchev–Trinajstić information content (AvgIpc) is 2.85. The van der Waals surface area contributed by atoms with Crippen molar-refractivity contribution < 1.29 is 22.4 Å². The molecule has 0 aliphatic carbocycles. The molecule has 0 radical (unpaired) electrons. The smallest absolute Gasteiger partial charge is 0.246 e. The topological polar surface area (TPSA) is 90.7 Å². The molecule has 2 rings (SSSR count). The van der Waals surface area contributed by atoms with Crippen molar-refractivity contribution in [2.24, 2.45) is 0 Å². The maximum atomic E-state index is 12.4. The summed E-state index contributed by atoms with van der Waals surface area (Å²) >= 11 is 0. The standard InChI is InChI=1S/C16H22N2O5S/c1-10(2)22-14-7-6-13(8-15(14)21-5)9-17-24(19,20)16-11(3)18-23-12(16)4/h6-8,10,17H,9H2,1-5H3. The van der Waals surface area contributed by atoms with E-state index in [4.69, 9.17) is 14.0 Å². The molecule has 0 bridgehead atoms. The summed E-state index contributed by atoms with van der Waals surface area (Å²) in [6.07, 6.45) is 0.0165. The van der Waals surface area contributed by atoms with Crippen LogP contribution >= 0.6 is 0 Å². The lowest BCUT2D eigenvalue weighted by atomic mass is 10.2. The highest BCUT2D eigenvalue weighted by molar-refractivity contribution is 7.89. The molecule has 132 valence electrons. The van der Waals surface area contributed by atoms with E-state index in [0.717, 1.165) is 5.56 Å². The molecule has 0 atom stereocenters. The van der Waals surface area contributed by atoms with Gasteiger partial charge in [-0.3, -0.25) is 0 Å². The van der Waals surface area contributed by atoms with Crippen LogP contribution in [0, 0.1) is 13.8 Å². The number of nitrogens with zero attached hydrogens (tertiary/aromatic N) is 1. The number of hydrogen-bond donors (Lipinski definition) is 1. The first-order chi connectivity index (χ1) is 11.2. The molecule has 0 aliphatic rings. The molecule has 7 nitrogen and oxygen atoms in total. The predicted octanol–water partition coefficient (Wildman–Crippen LogP) is 2.57. The Kier molecular flexibility index (Phi) is 5.51. The Balaban J connectivity index is 2.17. The highest BCUT2D eigenvalue weighted by atomic mass is 32.2. The van der Waals surface area contributed by atoms with Gasteiger partial charge in [-0.15, -0.1) is 0 Å². The molecule has 0 amide bonds. The minimum absolute atomic E-state index is 0.0165. The molecule has 1 aromatic carbocycles. The van der Waals surface area contributed by atoms with E-state index in [1.54, 1.807) is 39.2 Å². The summed E-state index contributed by atoms with van der Waals surface area (Å²) in [5.41, 5.74) is 1.08. The molecule has 1 aromatic heterocycles. The Bertz CT molecular complexity index is 792. The van der Waals surface area contributed by atoms with Crippen LogP contribution in [-0.2, 0) is 16.6 Å². The molecule has 0 saturated heterocycles. The van der Waals surface area contributed by atoms with Gasteiger partial charge >= 0.3 is 0 Å². The van der Waals surface area contributed by atoms with Gasteiger partial charge in [0, 0.05) is 6.54 Å². The van der Waals surface area contributed by atoms with E-state index < -0.39 is 10.0 Å². The van der Waals surface area contributed by atoms with Crippen LogP contribution < -0.4 is 14.2 Å². The first-order valence-corrected chi connectivity index (χ1v) is 8.99. The summed E-state index contributed by atoms with van der Waals surface area (Å²) in [7, 11) is -2.16. The fourth-order valence-electron chi connectivity index (χ4n) is 2.28. The zero-order valence-corrected chi connectivity index (χ0v) is 15.2. The molecule has 8 heteroatoms. The van der Waals surface area contributed by atoms with Crippen molar-refractivity contribution in [3.8, 4) is 11.5 Å². The van der Waals surface area contributed by atoms with Crippen LogP contribution in [0.3, 0.4) is 0 Å². The van der Waals surface area contributed by atoms with Crippen LogP contribution in [0.25, 0.3) is 0 Å². The van der Waals surface area contributed by atoms with Gasteiger partial charge in [0.25, 0.3) is 0 Å². The quantitative estimate of drug-likeness (QED) is 0.822. The molecule has 1 N–H and O–H groups in total. The number of aromatic nitrogens is 1. The van der Waals surface area contributed by atoms with E-state index in [1.165, 1.54) is 0 Å². The van der Waals surface area contributed by atoms with Crippen LogP contribution in [0.1, 0.15) is 30.9 Å². The monoisotopic (exact) mass is 354 g/mol. The lowest BCUT2D eigenvalue weighted by Gasteiger charge is -2.14. The maximum Gasteiger partial charge on any atom is 0.246 e. The van der Waals surface area contributed by atoms with E-state index >= 15 is 0 Å². The number of sulfonamides is 1. The molecule has 2 aromatic rings. The second-order valence-corrected chi connectivity index (χ2v) is 7.33. The second-order valence-electron chi connectivity index (χ2n) is 5.63. The van der Waals surface area contributed by atoms with Crippen LogP contribution in [0.2, 0.25) is 0 Å². The van der Waals surface area contributed by atoms with Gasteiger partial charge in [-0.25, -0.2) is 13.1 Å². The van der Waals surface area contributed by atoms with E-state index in [1.807, 2.05) is 13.8 Å². The van der Waals surface area contributed by atoms with E-state index in [0.29, 0.717) is 17.2 Å². The summed E-state index contributed by atoms with van der Waals surface area (Å²) in [5, 5.41) is 3.67. The van der Waals surface area contributed by atoms with Crippen molar-refractivity contribution in [1.29, 1.82) is 0 Å². The summed E-state index contributed by atoms with van der Waals surface area (Å²) in [5.74, 6) is 1.43. The Hall–Kier alpha value is -2.06. The molecule has 0 fully saturated rings. The fourth-order valence-corrected chi connectivity index (χ4v) is 3.62. The third kappa shape index (κ3) is 4.07. The number of hydrogen-bond acceptors (Lipinski definition) is 6. The number of rotatable bonds is 7. The summed E-state index contributed by atoms with van der Waals surface area (Å²) in [6.45, 7) is 7.11. The predicted molar refractivity (Wildman–Crippen MR) is 88.8 cm³/mol. The zero-order chi connectivity index (χ0) is 17.9. The zero-order valence-electron chi connectivity index (χ0n) is 14.4. The third-order valence-corrected chi connectivity index (χ3v) is 4.94. The molecule has 0 unspecified atom stereocenters. The largest absolute Gasteiger partial charge is 0.493 e. The van der Waals surface area contributed by atoms with Gasteiger partial charge in [0.05, 0.1) is 13.2 Å². The van der Waals surface area contributed by atoms with Gasteiger partial charge in [-0.05, 0) is 45.4 Å². The van der Waals surface area contributed by atoms with Crippen LogP contribution in [0.5, 0.6) is 11.5 Å². The van der Waals surface area contributed by atoms with Crippen molar-refractivity contribution in [3.63, 3.8) is 0 Å². The first-order valence-electron chi connectivity index (χ1n) is 7.50. The summed E-state index contributed by atoms with van der Waals surface area (Å²) in [6, 6.07) is 5.29. The normalized spacial score (nSPS) is 11.8. The molecule has 0 aliphatic heterocycles. The molecular formula is C16H22N2O5S. The first kappa shape index (κ1) is 18.3. The highest BCUT2D eigenvalue weighted by Crippen LogP contribution is 2.29. The SMILES string of the molecule is COc1cc(CNS(=O)(=O)c2c(C)noc2C)ccc1OC(C)C. The van der Waals surface area contributed by atoms with Crippen molar-refractivity contribution in [2.45, 2.75) is 45.2 Å². The third-order valence-electron chi connectivity index (χ3n) is 3.29. The molecular weight excluding hydrogens is 332 g/mol. The Morgan fingerprint density at radius 1 is 1.25 bits per heavy atom. The Morgan fingerprint density at radius 2 is 1.96 bits per heavy atom. The Labute approximate surface area is 142 Å². The summed E-state index contributed by atoms with van der Waals surface area (Å²) in [4.78, 5) is 0.0780. The number of ether oxygens (including phenoxy) is 2. The maximum absolute atomic E-state index is 12.4. The Morgan fingerprint density at radius 3 is 2.50 bits per heavy atom. The average molecular weight is 354 g/mol. The number of benzene rings is 1. The molecule has 0 spiro atoms. The fraction of sp³-hybridized carbons (Fsp3) is 0.438. The van der Waals surface area contributed by atoms with Crippen molar-refractivity contribution in [2.75, 3.05) is 7.11 Å². The van der Waals surface area contributed by atoms with Crippen molar-refractivity contribution >= 4 is 10.0 Å².